The number of benzene rings is 4. The van der Waals surface area contributed by atoms with Crippen molar-refractivity contribution in [2.75, 3.05) is 16.8 Å². The first kappa shape index (κ1) is 15.8. The lowest BCUT2D eigenvalue weighted by Gasteiger charge is -2.29. The first-order valence-electron chi connectivity index (χ1n) is 12.7. The van der Waals surface area contributed by atoms with Gasteiger partial charge in [0.15, 0.2) is 0 Å². The van der Waals surface area contributed by atoms with Crippen molar-refractivity contribution in [2.45, 2.75) is 26.9 Å². The Morgan fingerprint density at radius 2 is 1.45 bits per heavy atom. The molecule has 1 aliphatic heterocycles. The molecule has 0 amide bonds. The molecule has 4 nitrogen and oxygen atoms in total. The minimum atomic E-state index is -2.32. The zero-order valence-corrected chi connectivity index (χ0v) is 18.6. The average molecular weight is 436 g/mol. The maximum Gasteiger partial charge on any atom is 0.138 e. The average Bonchev–Trinajstić information content (AvgIpc) is 3.45. The van der Waals surface area contributed by atoms with Crippen LogP contribution in [-0.2, 0) is 0 Å². The largest absolute Gasteiger partial charge is 0.456 e. The summed E-state index contributed by atoms with van der Waals surface area (Å²) in [6.45, 7) is 3.68. The first-order valence-corrected chi connectivity index (χ1v) is 11.2. The fourth-order valence-corrected chi connectivity index (χ4v) is 5.32. The molecule has 0 saturated heterocycles. The molecule has 0 unspecified atom stereocenters. The summed E-state index contributed by atoms with van der Waals surface area (Å²) in [5.41, 5.74) is 7.70. The number of aryl methyl sites for hydroxylation is 2. The van der Waals surface area contributed by atoms with Gasteiger partial charge in [-0.2, -0.15) is 0 Å². The van der Waals surface area contributed by atoms with E-state index in [-0.39, 0.29) is 0 Å². The predicted molar refractivity (Wildman–Crippen MR) is 137 cm³/mol. The molecular formula is C29H24N2O2. The van der Waals surface area contributed by atoms with Gasteiger partial charge < -0.3 is 18.6 Å². The van der Waals surface area contributed by atoms with E-state index in [1.165, 1.54) is 4.90 Å². The summed E-state index contributed by atoms with van der Waals surface area (Å²) in [6, 6.07) is 22.2. The van der Waals surface area contributed by atoms with Gasteiger partial charge in [0.25, 0.3) is 0 Å². The SMILES string of the molecule is [2H]C([2H])([2H])N1c2cc3oc4c(C)cccc4c3cc2N(c2cc3c(cc2C)oc2ccccc23)[C@H]1C. The van der Waals surface area contributed by atoms with Gasteiger partial charge in [-0.3, -0.25) is 0 Å². The number of nitrogens with zero attached hydrogens (tertiary/aromatic N) is 2. The molecule has 3 heterocycles. The summed E-state index contributed by atoms with van der Waals surface area (Å²) in [5.74, 6) is 0. The van der Waals surface area contributed by atoms with Gasteiger partial charge in [-0.15, -0.1) is 0 Å². The number of fused-ring (bicyclic) bond motifs is 7. The Balaban J connectivity index is 1.53. The van der Waals surface area contributed by atoms with Gasteiger partial charge >= 0.3 is 0 Å². The quantitative estimate of drug-likeness (QED) is 0.262. The third kappa shape index (κ3) is 2.41. The molecule has 0 N–H and O–H groups in total. The van der Waals surface area contributed by atoms with Crippen molar-refractivity contribution < 1.29 is 12.9 Å². The molecule has 2 aromatic heterocycles. The lowest BCUT2D eigenvalue weighted by Crippen LogP contribution is -2.35. The van der Waals surface area contributed by atoms with E-state index in [4.69, 9.17) is 12.9 Å². The van der Waals surface area contributed by atoms with E-state index in [0.717, 1.165) is 60.8 Å². The Bertz CT molecular complexity index is 1850. The molecule has 162 valence electrons. The summed E-state index contributed by atoms with van der Waals surface area (Å²) in [5, 5.41) is 4.06. The number of furan rings is 2. The Hall–Kier alpha value is -3.92. The number of hydrogen-bond donors (Lipinski definition) is 0. The number of para-hydroxylation sites is 2. The standard InChI is InChI=1S/C29H24N2O2/c1-16-8-7-10-20-22-14-25-24(15-28(22)33-29(16)20)30(4)18(3)31(25)23-13-21-19-9-5-6-11-26(19)32-27(21)12-17(23)2/h5-15,18H,1-4H3/t18-/m0/s1/i4D3. The van der Waals surface area contributed by atoms with E-state index >= 15 is 0 Å². The second-order valence-corrected chi connectivity index (χ2v) is 9.00. The molecule has 1 aliphatic rings. The maximum atomic E-state index is 8.35. The predicted octanol–water partition coefficient (Wildman–Crippen LogP) is 8.04. The summed E-state index contributed by atoms with van der Waals surface area (Å²) in [4.78, 5) is 3.64. The highest BCUT2D eigenvalue weighted by Crippen LogP contribution is 2.48. The normalized spacial score (nSPS) is 17.8. The topological polar surface area (TPSA) is 32.8 Å². The van der Waals surface area contributed by atoms with E-state index in [9.17, 15) is 0 Å². The van der Waals surface area contributed by atoms with Gasteiger partial charge in [-0.25, -0.2) is 0 Å². The number of hydrogen-bond acceptors (Lipinski definition) is 4. The van der Waals surface area contributed by atoms with E-state index in [2.05, 4.69) is 29.2 Å². The fraction of sp³-hybridized carbons (Fsp3) is 0.172. The molecule has 0 saturated carbocycles. The van der Waals surface area contributed by atoms with Crippen molar-refractivity contribution in [3.63, 3.8) is 0 Å². The van der Waals surface area contributed by atoms with Crippen LogP contribution in [0.2, 0.25) is 0 Å². The van der Waals surface area contributed by atoms with Crippen LogP contribution >= 0.6 is 0 Å². The summed E-state index contributed by atoms with van der Waals surface area (Å²) in [6.07, 6.45) is -0.429. The molecule has 4 aromatic carbocycles. The molecule has 7 rings (SSSR count). The first-order chi connectivity index (χ1) is 17.2. The van der Waals surface area contributed by atoms with Crippen molar-refractivity contribution in [2.24, 2.45) is 0 Å². The van der Waals surface area contributed by atoms with Gasteiger partial charge in [0.2, 0.25) is 0 Å². The van der Waals surface area contributed by atoms with Crippen molar-refractivity contribution in [3.05, 3.63) is 77.9 Å². The third-order valence-corrected chi connectivity index (χ3v) is 7.01. The van der Waals surface area contributed by atoms with Crippen LogP contribution in [0.15, 0.2) is 75.6 Å². The van der Waals surface area contributed by atoms with Crippen LogP contribution in [0.25, 0.3) is 43.9 Å². The van der Waals surface area contributed by atoms with Crippen molar-refractivity contribution in [1.29, 1.82) is 0 Å². The highest BCUT2D eigenvalue weighted by Gasteiger charge is 2.34. The lowest BCUT2D eigenvalue weighted by molar-refractivity contribution is 0.665. The minimum absolute atomic E-state index is 0.429. The summed E-state index contributed by atoms with van der Waals surface area (Å²) < 4.78 is 37.4. The number of rotatable bonds is 1. The van der Waals surface area contributed by atoms with Crippen LogP contribution in [-0.4, -0.2) is 13.1 Å². The van der Waals surface area contributed by atoms with E-state index in [1.54, 1.807) is 0 Å². The fourth-order valence-electron chi connectivity index (χ4n) is 5.32. The highest BCUT2D eigenvalue weighted by molar-refractivity contribution is 6.11. The van der Waals surface area contributed by atoms with Crippen molar-refractivity contribution in [1.82, 2.24) is 0 Å². The van der Waals surface area contributed by atoms with E-state index < -0.39 is 13.1 Å². The molecule has 0 fully saturated rings. The van der Waals surface area contributed by atoms with Crippen LogP contribution in [0.3, 0.4) is 0 Å². The van der Waals surface area contributed by atoms with Crippen LogP contribution in [0.1, 0.15) is 22.2 Å². The maximum absolute atomic E-state index is 8.35. The summed E-state index contributed by atoms with van der Waals surface area (Å²) in [7, 11) is 0. The Morgan fingerprint density at radius 3 is 2.33 bits per heavy atom. The van der Waals surface area contributed by atoms with Crippen molar-refractivity contribution >= 4 is 60.9 Å². The second kappa shape index (κ2) is 6.32. The van der Waals surface area contributed by atoms with Gasteiger partial charge in [0.1, 0.15) is 28.5 Å². The lowest BCUT2D eigenvalue weighted by atomic mass is 10.1. The van der Waals surface area contributed by atoms with E-state index in [0.29, 0.717) is 11.3 Å². The molecule has 1 atom stereocenters. The second-order valence-electron chi connectivity index (χ2n) is 9.00. The molecule has 0 bridgehead atoms. The molecule has 6 aromatic rings. The zero-order chi connectivity index (χ0) is 24.9. The van der Waals surface area contributed by atoms with E-state index in [1.807, 2.05) is 63.2 Å². The van der Waals surface area contributed by atoms with Gasteiger partial charge in [-0.1, -0.05) is 36.4 Å². The van der Waals surface area contributed by atoms with Crippen LogP contribution < -0.4 is 9.80 Å². The van der Waals surface area contributed by atoms with Crippen LogP contribution in [0.5, 0.6) is 0 Å². The van der Waals surface area contributed by atoms with Gasteiger partial charge in [0, 0.05) is 44.4 Å². The smallest absolute Gasteiger partial charge is 0.138 e. The molecule has 4 heteroatoms. The summed E-state index contributed by atoms with van der Waals surface area (Å²) >= 11 is 0. The highest BCUT2D eigenvalue weighted by atomic mass is 16.3. The minimum Gasteiger partial charge on any atom is -0.456 e. The monoisotopic (exact) mass is 435 g/mol. The van der Waals surface area contributed by atoms with Gasteiger partial charge in [0.05, 0.1) is 11.4 Å². The van der Waals surface area contributed by atoms with Crippen molar-refractivity contribution in [3.8, 4) is 0 Å². The molecule has 0 aliphatic carbocycles. The third-order valence-electron chi connectivity index (χ3n) is 7.01. The molecular weight excluding hydrogens is 408 g/mol. The number of anilines is 3. The van der Waals surface area contributed by atoms with Crippen LogP contribution in [0, 0.1) is 13.8 Å². The van der Waals surface area contributed by atoms with Gasteiger partial charge in [-0.05, 0) is 56.2 Å². The molecule has 0 radical (unpaired) electrons. The Morgan fingerprint density at radius 1 is 0.697 bits per heavy atom. The molecule has 0 spiro atoms. The Kier molecular flexibility index (Phi) is 3.03. The zero-order valence-electron chi connectivity index (χ0n) is 21.6. The Labute approximate surface area is 195 Å². The van der Waals surface area contributed by atoms with Crippen LogP contribution in [0.4, 0.5) is 17.1 Å². The molecule has 33 heavy (non-hydrogen) atoms.